The molecule has 0 fully saturated rings. The molecular weight excluding hydrogens is 283 g/mol. The maximum absolute atomic E-state index is 10.0. The first-order valence-electron chi connectivity index (χ1n) is 5.94. The van der Waals surface area contributed by atoms with Crippen molar-refractivity contribution in [2.24, 2.45) is 0 Å². The third-order valence-electron chi connectivity index (χ3n) is 2.84. The fourth-order valence-corrected chi connectivity index (χ4v) is 2.29. The number of hydrogen-bond donors (Lipinski definition) is 2. The lowest BCUT2D eigenvalue weighted by Gasteiger charge is -2.11. The van der Waals surface area contributed by atoms with E-state index in [1.165, 1.54) is 0 Å². The summed E-state index contributed by atoms with van der Waals surface area (Å²) in [5, 5.41) is 20.4. The van der Waals surface area contributed by atoms with Gasteiger partial charge in [-0.15, -0.1) is 0 Å². The van der Waals surface area contributed by atoms with Crippen molar-refractivity contribution < 1.29 is 10.2 Å². The molecule has 0 aromatic heterocycles. The summed E-state index contributed by atoms with van der Waals surface area (Å²) >= 11 is 11.8. The fraction of sp³-hybridized carbons (Fsp3) is 0.200. The topological polar surface area (TPSA) is 40.5 Å². The lowest BCUT2D eigenvalue weighted by atomic mass is 10.0. The summed E-state index contributed by atoms with van der Waals surface area (Å²) in [5.74, 6) is 0.208. The molecule has 100 valence electrons. The highest BCUT2D eigenvalue weighted by atomic mass is 35.5. The molecule has 0 aliphatic rings. The first kappa shape index (κ1) is 14.2. The predicted octanol–water partition coefficient (Wildman–Crippen LogP) is 3.85. The maximum atomic E-state index is 10.0. The van der Waals surface area contributed by atoms with Crippen molar-refractivity contribution in [2.45, 2.75) is 18.9 Å². The molecule has 2 nitrogen and oxygen atoms in total. The summed E-state index contributed by atoms with van der Waals surface area (Å²) in [6, 6.07) is 12.2. The SMILES string of the molecule is Oc1cccc(CC(O)Cc2ccc(Cl)c(Cl)c2)c1. The molecule has 2 N–H and O–H groups in total. The molecule has 0 radical (unpaired) electrons. The smallest absolute Gasteiger partial charge is 0.115 e. The zero-order valence-electron chi connectivity index (χ0n) is 10.2. The standard InChI is InChI=1S/C15H14Cl2O2/c16-14-5-4-11(9-15(14)17)8-13(19)7-10-2-1-3-12(18)6-10/h1-6,9,13,18-19H,7-8H2. The van der Waals surface area contributed by atoms with Crippen LogP contribution in [0.2, 0.25) is 10.0 Å². The van der Waals surface area contributed by atoms with Crippen LogP contribution in [0.25, 0.3) is 0 Å². The van der Waals surface area contributed by atoms with Crippen molar-refractivity contribution in [1.29, 1.82) is 0 Å². The predicted molar refractivity (Wildman–Crippen MR) is 78.0 cm³/mol. The van der Waals surface area contributed by atoms with E-state index in [2.05, 4.69) is 0 Å². The summed E-state index contributed by atoms with van der Waals surface area (Å²) in [7, 11) is 0. The second-order valence-electron chi connectivity index (χ2n) is 4.48. The second kappa shape index (κ2) is 6.29. The number of phenolic OH excluding ortho intramolecular Hbond substituents is 1. The van der Waals surface area contributed by atoms with Gasteiger partial charge in [0, 0.05) is 0 Å². The molecule has 0 bridgehead atoms. The van der Waals surface area contributed by atoms with Crippen molar-refractivity contribution in [2.75, 3.05) is 0 Å². The van der Waals surface area contributed by atoms with Gasteiger partial charge in [-0.25, -0.2) is 0 Å². The van der Waals surface area contributed by atoms with Gasteiger partial charge in [0.25, 0.3) is 0 Å². The van der Waals surface area contributed by atoms with Crippen molar-refractivity contribution in [1.82, 2.24) is 0 Å². The van der Waals surface area contributed by atoms with E-state index in [0.717, 1.165) is 11.1 Å². The van der Waals surface area contributed by atoms with Gasteiger partial charge in [-0.3, -0.25) is 0 Å². The average molecular weight is 297 g/mol. The van der Waals surface area contributed by atoms with Gasteiger partial charge in [-0.1, -0.05) is 41.4 Å². The van der Waals surface area contributed by atoms with Crippen molar-refractivity contribution >= 4 is 23.2 Å². The van der Waals surface area contributed by atoms with Gasteiger partial charge in [0.15, 0.2) is 0 Å². The van der Waals surface area contributed by atoms with Gasteiger partial charge >= 0.3 is 0 Å². The number of rotatable bonds is 4. The lowest BCUT2D eigenvalue weighted by Crippen LogP contribution is -2.13. The first-order chi connectivity index (χ1) is 9.04. The van der Waals surface area contributed by atoms with Crippen LogP contribution in [-0.4, -0.2) is 16.3 Å². The van der Waals surface area contributed by atoms with Gasteiger partial charge in [0.05, 0.1) is 16.1 Å². The molecule has 0 aliphatic carbocycles. The highest BCUT2D eigenvalue weighted by Crippen LogP contribution is 2.23. The van der Waals surface area contributed by atoms with E-state index in [4.69, 9.17) is 23.2 Å². The molecule has 0 amide bonds. The van der Waals surface area contributed by atoms with Gasteiger partial charge in [-0.05, 0) is 48.2 Å². The number of hydrogen-bond acceptors (Lipinski definition) is 2. The van der Waals surface area contributed by atoms with Crippen molar-refractivity contribution in [3.05, 3.63) is 63.6 Å². The summed E-state index contributed by atoms with van der Waals surface area (Å²) in [6.07, 6.45) is 0.445. The van der Waals surface area contributed by atoms with E-state index in [-0.39, 0.29) is 5.75 Å². The third-order valence-corrected chi connectivity index (χ3v) is 3.58. The Hall–Kier alpha value is -1.22. The van der Waals surface area contributed by atoms with Crippen molar-refractivity contribution in [3.63, 3.8) is 0 Å². The Balaban J connectivity index is 2.01. The van der Waals surface area contributed by atoms with E-state index in [1.54, 1.807) is 30.3 Å². The number of aliphatic hydroxyl groups is 1. The zero-order chi connectivity index (χ0) is 13.8. The minimum Gasteiger partial charge on any atom is -0.508 e. The number of aromatic hydroxyl groups is 1. The Morgan fingerprint density at radius 1 is 0.895 bits per heavy atom. The van der Waals surface area contributed by atoms with Crippen LogP contribution in [-0.2, 0) is 12.8 Å². The largest absolute Gasteiger partial charge is 0.508 e. The Bertz CT molecular complexity index is 570. The van der Waals surface area contributed by atoms with Crippen LogP contribution >= 0.6 is 23.2 Å². The lowest BCUT2D eigenvalue weighted by molar-refractivity contribution is 0.175. The van der Waals surface area contributed by atoms with Crippen molar-refractivity contribution in [3.8, 4) is 5.75 Å². The molecule has 1 atom stereocenters. The summed E-state index contributed by atoms with van der Waals surface area (Å²) in [6.45, 7) is 0. The second-order valence-corrected chi connectivity index (χ2v) is 5.29. The van der Waals surface area contributed by atoms with Crippen LogP contribution in [0.4, 0.5) is 0 Å². The van der Waals surface area contributed by atoms with Gasteiger partial charge in [0.1, 0.15) is 5.75 Å². The van der Waals surface area contributed by atoms with Gasteiger partial charge < -0.3 is 10.2 Å². The normalized spacial score (nSPS) is 12.4. The molecule has 19 heavy (non-hydrogen) atoms. The highest BCUT2D eigenvalue weighted by Gasteiger charge is 2.09. The van der Waals surface area contributed by atoms with Crippen LogP contribution in [0.15, 0.2) is 42.5 Å². The van der Waals surface area contributed by atoms with E-state index < -0.39 is 6.10 Å². The van der Waals surface area contributed by atoms with E-state index in [0.29, 0.717) is 22.9 Å². The molecule has 0 saturated heterocycles. The number of benzene rings is 2. The Labute approximate surface area is 122 Å². The third kappa shape index (κ3) is 4.13. The van der Waals surface area contributed by atoms with Crippen LogP contribution in [0, 0.1) is 0 Å². The Morgan fingerprint density at radius 3 is 2.21 bits per heavy atom. The number of phenols is 1. The van der Waals surface area contributed by atoms with E-state index in [9.17, 15) is 10.2 Å². The zero-order valence-corrected chi connectivity index (χ0v) is 11.7. The molecule has 0 heterocycles. The molecule has 2 aromatic rings. The monoisotopic (exact) mass is 296 g/mol. The van der Waals surface area contributed by atoms with Crippen LogP contribution < -0.4 is 0 Å². The van der Waals surface area contributed by atoms with Crippen LogP contribution in [0.5, 0.6) is 5.75 Å². The summed E-state index contributed by atoms with van der Waals surface area (Å²) < 4.78 is 0. The number of halogens is 2. The molecule has 0 spiro atoms. The molecule has 1 unspecified atom stereocenters. The molecule has 2 aromatic carbocycles. The van der Waals surface area contributed by atoms with Crippen LogP contribution in [0.1, 0.15) is 11.1 Å². The molecule has 0 aliphatic heterocycles. The molecule has 4 heteroatoms. The first-order valence-corrected chi connectivity index (χ1v) is 6.70. The Morgan fingerprint density at radius 2 is 1.58 bits per heavy atom. The molecular formula is C15H14Cl2O2. The average Bonchev–Trinajstić information content (AvgIpc) is 2.34. The van der Waals surface area contributed by atoms with E-state index >= 15 is 0 Å². The minimum atomic E-state index is -0.529. The van der Waals surface area contributed by atoms with E-state index in [1.807, 2.05) is 12.1 Å². The molecule has 2 rings (SSSR count). The maximum Gasteiger partial charge on any atom is 0.115 e. The number of aliphatic hydroxyl groups excluding tert-OH is 1. The van der Waals surface area contributed by atoms with Gasteiger partial charge in [0.2, 0.25) is 0 Å². The summed E-state index contributed by atoms with van der Waals surface area (Å²) in [4.78, 5) is 0. The van der Waals surface area contributed by atoms with Gasteiger partial charge in [-0.2, -0.15) is 0 Å². The molecule has 0 saturated carbocycles. The minimum absolute atomic E-state index is 0.208. The summed E-state index contributed by atoms with van der Waals surface area (Å²) in [5.41, 5.74) is 1.83. The van der Waals surface area contributed by atoms with Crippen LogP contribution in [0.3, 0.4) is 0 Å². The Kier molecular flexibility index (Phi) is 4.70. The fourth-order valence-electron chi connectivity index (χ4n) is 1.97. The quantitative estimate of drug-likeness (QED) is 0.900. The highest BCUT2D eigenvalue weighted by molar-refractivity contribution is 6.42.